The topological polar surface area (TPSA) is 21.3 Å². The Morgan fingerprint density at radius 2 is 1.94 bits per heavy atom. The molecule has 0 bridgehead atoms. The van der Waals surface area contributed by atoms with Crippen LogP contribution in [-0.4, -0.2) is 24.8 Å². The van der Waals surface area contributed by atoms with Crippen molar-refractivity contribution in [1.29, 1.82) is 0 Å². The average molecular weight is 237 g/mol. The predicted molar refractivity (Wildman–Crippen MR) is 70.0 cm³/mol. The van der Waals surface area contributed by atoms with Crippen LogP contribution in [-0.2, 0) is 4.74 Å². The molecule has 5 atom stereocenters. The second kappa shape index (κ2) is 4.24. The standard InChI is InChI=1S/C15H27NO/c1-10-6-4-8-12(10)16-13-11-7-5-9-17-14(11)15(13,2)3/h10-14,16H,4-9H2,1-3H3. The van der Waals surface area contributed by atoms with Crippen molar-refractivity contribution in [3.63, 3.8) is 0 Å². The molecule has 17 heavy (non-hydrogen) atoms. The van der Waals surface area contributed by atoms with Gasteiger partial charge in [-0.2, -0.15) is 0 Å². The van der Waals surface area contributed by atoms with E-state index in [4.69, 9.17) is 4.74 Å². The van der Waals surface area contributed by atoms with E-state index in [2.05, 4.69) is 26.1 Å². The number of rotatable bonds is 2. The van der Waals surface area contributed by atoms with Crippen molar-refractivity contribution in [3.8, 4) is 0 Å². The lowest BCUT2D eigenvalue weighted by Crippen LogP contribution is -2.70. The summed E-state index contributed by atoms with van der Waals surface area (Å²) in [6.45, 7) is 8.16. The molecule has 2 aliphatic carbocycles. The number of ether oxygens (including phenoxy) is 1. The van der Waals surface area contributed by atoms with Gasteiger partial charge in [-0.25, -0.2) is 0 Å². The van der Waals surface area contributed by atoms with Crippen LogP contribution in [0.2, 0.25) is 0 Å². The minimum absolute atomic E-state index is 0.341. The molecule has 3 fully saturated rings. The van der Waals surface area contributed by atoms with Gasteiger partial charge in [0.25, 0.3) is 0 Å². The van der Waals surface area contributed by atoms with Gasteiger partial charge in [0.2, 0.25) is 0 Å². The summed E-state index contributed by atoms with van der Waals surface area (Å²) in [5.74, 6) is 1.65. The summed E-state index contributed by atoms with van der Waals surface area (Å²) in [6, 6.07) is 1.46. The van der Waals surface area contributed by atoms with Gasteiger partial charge in [-0.05, 0) is 31.6 Å². The van der Waals surface area contributed by atoms with Crippen molar-refractivity contribution in [3.05, 3.63) is 0 Å². The van der Waals surface area contributed by atoms with Crippen molar-refractivity contribution >= 4 is 0 Å². The SMILES string of the molecule is CC1CCCC1NC1C2CCCOC2C1(C)C. The monoisotopic (exact) mass is 237 g/mol. The van der Waals surface area contributed by atoms with E-state index in [0.717, 1.165) is 24.5 Å². The van der Waals surface area contributed by atoms with Crippen LogP contribution in [0.3, 0.4) is 0 Å². The molecule has 0 aromatic rings. The van der Waals surface area contributed by atoms with Gasteiger partial charge in [-0.15, -0.1) is 0 Å². The van der Waals surface area contributed by atoms with Gasteiger partial charge in [0, 0.05) is 30.0 Å². The lowest BCUT2D eigenvalue weighted by Gasteiger charge is -2.61. The molecule has 2 saturated carbocycles. The Balaban J connectivity index is 1.66. The molecule has 0 spiro atoms. The second-order valence-electron chi connectivity index (χ2n) is 7.08. The number of hydrogen-bond acceptors (Lipinski definition) is 2. The first kappa shape index (κ1) is 12.0. The molecule has 1 N–H and O–H groups in total. The molecular formula is C15H27NO. The zero-order valence-electron chi connectivity index (χ0n) is 11.5. The fourth-order valence-corrected chi connectivity index (χ4v) is 4.48. The van der Waals surface area contributed by atoms with Crippen LogP contribution in [0.1, 0.15) is 52.9 Å². The zero-order valence-corrected chi connectivity index (χ0v) is 11.5. The summed E-state index contributed by atoms with van der Waals surface area (Å²) in [4.78, 5) is 0. The van der Waals surface area contributed by atoms with Crippen LogP contribution in [0.15, 0.2) is 0 Å². The fourth-order valence-electron chi connectivity index (χ4n) is 4.48. The van der Waals surface area contributed by atoms with Gasteiger partial charge < -0.3 is 10.1 Å². The van der Waals surface area contributed by atoms with E-state index >= 15 is 0 Å². The highest BCUT2D eigenvalue weighted by molar-refractivity contribution is 5.11. The van der Waals surface area contributed by atoms with Crippen molar-refractivity contribution in [1.82, 2.24) is 5.32 Å². The molecule has 98 valence electrons. The van der Waals surface area contributed by atoms with Crippen molar-refractivity contribution in [2.75, 3.05) is 6.61 Å². The molecule has 2 nitrogen and oxygen atoms in total. The molecule has 0 amide bonds. The van der Waals surface area contributed by atoms with Gasteiger partial charge in [0.1, 0.15) is 0 Å². The van der Waals surface area contributed by atoms with Crippen molar-refractivity contribution in [2.45, 2.75) is 71.1 Å². The largest absolute Gasteiger partial charge is 0.377 e. The molecule has 0 aromatic carbocycles. The number of hydrogen-bond donors (Lipinski definition) is 1. The number of nitrogens with one attached hydrogen (secondary N) is 1. The molecule has 0 radical (unpaired) electrons. The molecule has 0 aromatic heterocycles. The third kappa shape index (κ3) is 1.84. The van der Waals surface area contributed by atoms with E-state index in [1.165, 1.54) is 32.1 Å². The Labute approximate surface area is 105 Å². The summed E-state index contributed by atoms with van der Waals surface area (Å²) < 4.78 is 5.97. The summed E-state index contributed by atoms with van der Waals surface area (Å²) in [6.07, 6.45) is 7.35. The molecule has 3 rings (SSSR count). The van der Waals surface area contributed by atoms with Crippen LogP contribution in [0, 0.1) is 17.3 Å². The van der Waals surface area contributed by atoms with Crippen molar-refractivity contribution < 1.29 is 4.74 Å². The highest BCUT2D eigenvalue weighted by Crippen LogP contribution is 2.51. The summed E-state index contributed by atoms with van der Waals surface area (Å²) in [5, 5.41) is 3.97. The summed E-state index contributed by atoms with van der Waals surface area (Å²) in [7, 11) is 0. The average Bonchev–Trinajstić information content (AvgIpc) is 2.72. The van der Waals surface area contributed by atoms with Crippen LogP contribution >= 0.6 is 0 Å². The maximum absolute atomic E-state index is 5.97. The van der Waals surface area contributed by atoms with Crippen LogP contribution in [0.5, 0.6) is 0 Å². The Hall–Kier alpha value is -0.0800. The van der Waals surface area contributed by atoms with Gasteiger partial charge in [0.05, 0.1) is 6.10 Å². The highest BCUT2D eigenvalue weighted by atomic mass is 16.5. The fraction of sp³-hybridized carbons (Fsp3) is 1.00. The maximum atomic E-state index is 5.97. The van der Waals surface area contributed by atoms with Gasteiger partial charge in [-0.1, -0.05) is 27.2 Å². The highest BCUT2D eigenvalue weighted by Gasteiger charge is 2.58. The van der Waals surface area contributed by atoms with E-state index < -0.39 is 0 Å². The third-order valence-corrected chi connectivity index (χ3v) is 5.59. The Bertz CT molecular complexity index is 289. The molecular weight excluding hydrogens is 210 g/mol. The zero-order chi connectivity index (χ0) is 12.0. The van der Waals surface area contributed by atoms with Crippen LogP contribution < -0.4 is 5.32 Å². The molecule has 5 unspecified atom stereocenters. The van der Waals surface area contributed by atoms with Crippen LogP contribution in [0.25, 0.3) is 0 Å². The second-order valence-corrected chi connectivity index (χ2v) is 7.08. The molecule has 1 heterocycles. The van der Waals surface area contributed by atoms with Gasteiger partial charge >= 0.3 is 0 Å². The van der Waals surface area contributed by atoms with Crippen molar-refractivity contribution in [2.24, 2.45) is 17.3 Å². The first-order valence-electron chi connectivity index (χ1n) is 7.48. The molecule has 1 saturated heterocycles. The third-order valence-electron chi connectivity index (χ3n) is 5.59. The molecule has 1 aliphatic heterocycles. The quantitative estimate of drug-likeness (QED) is 0.797. The predicted octanol–water partition coefficient (Wildman–Crippen LogP) is 2.97. The normalized spacial score (nSPS) is 48.5. The first-order valence-corrected chi connectivity index (χ1v) is 7.48. The minimum Gasteiger partial charge on any atom is -0.377 e. The Kier molecular flexibility index (Phi) is 2.99. The Morgan fingerprint density at radius 1 is 1.12 bits per heavy atom. The molecule has 2 heteroatoms. The molecule has 3 aliphatic rings. The Morgan fingerprint density at radius 3 is 2.65 bits per heavy atom. The van der Waals surface area contributed by atoms with E-state index in [1.54, 1.807) is 0 Å². The van der Waals surface area contributed by atoms with E-state index in [9.17, 15) is 0 Å². The first-order chi connectivity index (χ1) is 8.10. The van der Waals surface area contributed by atoms with Crippen LogP contribution in [0.4, 0.5) is 0 Å². The van der Waals surface area contributed by atoms with E-state index in [1.807, 2.05) is 0 Å². The van der Waals surface area contributed by atoms with E-state index in [-0.39, 0.29) is 0 Å². The summed E-state index contributed by atoms with van der Waals surface area (Å²) in [5.41, 5.74) is 0.341. The smallest absolute Gasteiger partial charge is 0.0684 e. The summed E-state index contributed by atoms with van der Waals surface area (Å²) >= 11 is 0. The van der Waals surface area contributed by atoms with E-state index in [0.29, 0.717) is 17.6 Å². The maximum Gasteiger partial charge on any atom is 0.0684 e. The number of fused-ring (bicyclic) bond motifs is 1. The van der Waals surface area contributed by atoms with Gasteiger partial charge in [-0.3, -0.25) is 0 Å². The minimum atomic E-state index is 0.341. The lowest BCUT2D eigenvalue weighted by molar-refractivity contribution is -0.195. The lowest BCUT2D eigenvalue weighted by atomic mass is 9.55. The van der Waals surface area contributed by atoms with Gasteiger partial charge in [0.15, 0.2) is 0 Å².